The van der Waals surface area contributed by atoms with Gasteiger partial charge in [-0.15, -0.1) is 10.2 Å². The van der Waals surface area contributed by atoms with Gasteiger partial charge in [0.05, 0.1) is 11.7 Å². The van der Waals surface area contributed by atoms with Crippen LogP contribution >= 0.6 is 0 Å². The molecule has 136 valence electrons. The first-order valence-corrected chi connectivity index (χ1v) is 10.2. The Morgan fingerprint density at radius 1 is 1.08 bits per heavy atom. The Morgan fingerprint density at radius 3 is 2.62 bits per heavy atom. The molecule has 0 N–H and O–H groups in total. The normalized spacial score (nSPS) is 19.9. The van der Waals surface area contributed by atoms with Gasteiger partial charge in [0.2, 0.25) is 0 Å². The van der Waals surface area contributed by atoms with Crippen LogP contribution in [0.3, 0.4) is 0 Å². The van der Waals surface area contributed by atoms with Crippen LogP contribution in [-0.4, -0.2) is 24.5 Å². The Morgan fingerprint density at radius 2 is 1.85 bits per heavy atom. The highest BCUT2D eigenvalue weighted by molar-refractivity contribution is 5.77. The number of allylic oxidation sites excluding steroid dienone is 4. The number of aryl methyl sites for hydroxylation is 1. The fourth-order valence-corrected chi connectivity index (χ4v) is 4.89. The zero-order valence-electron chi connectivity index (χ0n) is 15.8. The standard InChI is InChI=1S/C21H27N5/c1-3-18-17-12-13-25-20(16-11-7-4-8-14(16)2)22-23-21(25)19(17)26(24-18)15-9-5-6-10-15/h8,11,15H,3-7,9-10,12-13H2,1-2H3. The molecular weight excluding hydrogens is 322 g/mol. The summed E-state index contributed by atoms with van der Waals surface area (Å²) in [6.45, 7) is 5.37. The molecule has 2 aliphatic carbocycles. The summed E-state index contributed by atoms with van der Waals surface area (Å²) in [6.07, 6.45) is 14.0. The lowest BCUT2D eigenvalue weighted by molar-refractivity contribution is 0.464. The van der Waals surface area contributed by atoms with E-state index in [4.69, 9.17) is 5.10 Å². The van der Waals surface area contributed by atoms with Crippen molar-refractivity contribution in [3.8, 4) is 11.5 Å². The summed E-state index contributed by atoms with van der Waals surface area (Å²) in [6, 6.07) is 0.534. The topological polar surface area (TPSA) is 48.5 Å². The zero-order valence-corrected chi connectivity index (χ0v) is 15.8. The third kappa shape index (κ3) is 2.32. The average Bonchev–Trinajstić information content (AvgIpc) is 3.39. The van der Waals surface area contributed by atoms with E-state index in [1.54, 1.807) is 0 Å². The Bertz CT molecular complexity index is 905. The summed E-state index contributed by atoms with van der Waals surface area (Å²) in [5, 5.41) is 14.3. The van der Waals surface area contributed by atoms with Crippen LogP contribution in [0, 0.1) is 0 Å². The van der Waals surface area contributed by atoms with Crippen LogP contribution < -0.4 is 0 Å². The van der Waals surface area contributed by atoms with Crippen molar-refractivity contribution in [1.29, 1.82) is 0 Å². The minimum absolute atomic E-state index is 0.534. The van der Waals surface area contributed by atoms with E-state index < -0.39 is 0 Å². The summed E-state index contributed by atoms with van der Waals surface area (Å²) in [4.78, 5) is 0. The number of aromatic nitrogens is 5. The van der Waals surface area contributed by atoms with Crippen molar-refractivity contribution in [2.75, 3.05) is 0 Å². The van der Waals surface area contributed by atoms with Crippen molar-refractivity contribution in [2.24, 2.45) is 0 Å². The van der Waals surface area contributed by atoms with E-state index in [-0.39, 0.29) is 0 Å². The maximum atomic E-state index is 5.04. The van der Waals surface area contributed by atoms with Gasteiger partial charge in [-0.3, -0.25) is 4.68 Å². The van der Waals surface area contributed by atoms with E-state index >= 15 is 0 Å². The highest BCUT2D eigenvalue weighted by Crippen LogP contribution is 2.39. The van der Waals surface area contributed by atoms with Crippen molar-refractivity contribution in [3.63, 3.8) is 0 Å². The van der Waals surface area contributed by atoms with Crippen LogP contribution in [0.4, 0.5) is 0 Å². The number of hydrogen-bond acceptors (Lipinski definition) is 3. The van der Waals surface area contributed by atoms with Crippen LogP contribution in [0.15, 0.2) is 17.7 Å². The molecule has 5 heteroatoms. The summed E-state index contributed by atoms with van der Waals surface area (Å²) in [5.41, 5.74) is 6.51. The van der Waals surface area contributed by atoms with E-state index in [2.05, 4.69) is 45.4 Å². The monoisotopic (exact) mass is 349 g/mol. The van der Waals surface area contributed by atoms with E-state index in [0.717, 1.165) is 43.9 Å². The molecule has 1 saturated carbocycles. The molecule has 0 spiro atoms. The van der Waals surface area contributed by atoms with Gasteiger partial charge in [0.1, 0.15) is 5.69 Å². The Balaban J connectivity index is 1.65. The molecular formula is C21H27N5. The second kappa shape index (κ2) is 6.22. The van der Waals surface area contributed by atoms with Crippen molar-refractivity contribution < 1.29 is 0 Å². The van der Waals surface area contributed by atoms with E-state index in [0.29, 0.717) is 6.04 Å². The minimum Gasteiger partial charge on any atom is -0.305 e. The molecule has 1 aliphatic heterocycles. The first-order valence-electron chi connectivity index (χ1n) is 10.2. The van der Waals surface area contributed by atoms with E-state index in [1.165, 1.54) is 53.8 Å². The Labute approximate surface area is 154 Å². The Hall–Kier alpha value is -2.17. The maximum absolute atomic E-state index is 5.04. The molecule has 3 heterocycles. The van der Waals surface area contributed by atoms with Crippen molar-refractivity contribution in [1.82, 2.24) is 24.5 Å². The average molecular weight is 349 g/mol. The van der Waals surface area contributed by atoms with E-state index in [1.807, 2.05) is 0 Å². The van der Waals surface area contributed by atoms with Crippen molar-refractivity contribution >= 4 is 5.57 Å². The molecule has 0 atom stereocenters. The fourth-order valence-electron chi connectivity index (χ4n) is 4.89. The van der Waals surface area contributed by atoms with Crippen LogP contribution in [0.5, 0.6) is 0 Å². The van der Waals surface area contributed by atoms with Crippen LogP contribution in [0.1, 0.15) is 75.5 Å². The van der Waals surface area contributed by atoms with E-state index in [9.17, 15) is 0 Å². The lowest BCUT2D eigenvalue weighted by Crippen LogP contribution is -2.17. The molecule has 2 aromatic rings. The minimum atomic E-state index is 0.534. The first kappa shape index (κ1) is 16.0. The van der Waals surface area contributed by atoms with Gasteiger partial charge in [-0.25, -0.2) is 0 Å². The number of nitrogens with zero attached hydrogens (tertiary/aromatic N) is 5. The molecule has 5 nitrogen and oxygen atoms in total. The molecule has 0 aromatic carbocycles. The predicted molar refractivity (Wildman–Crippen MR) is 103 cm³/mol. The van der Waals surface area contributed by atoms with Crippen LogP contribution in [-0.2, 0) is 19.4 Å². The Kier molecular flexibility index (Phi) is 3.84. The van der Waals surface area contributed by atoms with Gasteiger partial charge in [-0.2, -0.15) is 5.10 Å². The largest absolute Gasteiger partial charge is 0.305 e. The molecule has 5 rings (SSSR count). The SMILES string of the molecule is CCc1nn(C2CCCC2)c2c1CCn1c(C3=CCCC=C3C)nnc1-2. The highest BCUT2D eigenvalue weighted by Gasteiger charge is 2.32. The summed E-state index contributed by atoms with van der Waals surface area (Å²) in [7, 11) is 0. The third-order valence-electron chi connectivity index (χ3n) is 6.28. The molecule has 3 aliphatic rings. The second-order valence-electron chi connectivity index (χ2n) is 7.84. The molecule has 26 heavy (non-hydrogen) atoms. The molecule has 0 saturated heterocycles. The fraction of sp³-hybridized carbons (Fsp3) is 0.571. The molecule has 2 aromatic heterocycles. The van der Waals surface area contributed by atoms with Crippen molar-refractivity contribution in [3.05, 3.63) is 34.8 Å². The highest BCUT2D eigenvalue weighted by atomic mass is 15.4. The van der Waals surface area contributed by atoms with Gasteiger partial charge in [0, 0.05) is 17.7 Å². The molecule has 0 unspecified atom stereocenters. The first-order chi connectivity index (χ1) is 12.8. The zero-order chi connectivity index (χ0) is 17.7. The lowest BCUT2D eigenvalue weighted by atomic mass is 9.97. The van der Waals surface area contributed by atoms with Gasteiger partial charge in [0.15, 0.2) is 11.6 Å². The van der Waals surface area contributed by atoms with Gasteiger partial charge in [0.25, 0.3) is 0 Å². The third-order valence-corrected chi connectivity index (χ3v) is 6.28. The van der Waals surface area contributed by atoms with Gasteiger partial charge in [-0.1, -0.05) is 31.9 Å². The molecule has 0 radical (unpaired) electrons. The van der Waals surface area contributed by atoms with Crippen LogP contribution in [0.25, 0.3) is 17.1 Å². The van der Waals surface area contributed by atoms with Gasteiger partial charge in [-0.05, 0) is 51.0 Å². The van der Waals surface area contributed by atoms with Crippen molar-refractivity contribution in [2.45, 2.75) is 77.8 Å². The number of hydrogen-bond donors (Lipinski definition) is 0. The second-order valence-corrected chi connectivity index (χ2v) is 7.84. The smallest absolute Gasteiger partial charge is 0.182 e. The molecule has 0 bridgehead atoms. The number of rotatable bonds is 3. The maximum Gasteiger partial charge on any atom is 0.182 e. The summed E-state index contributed by atoms with van der Waals surface area (Å²) >= 11 is 0. The quantitative estimate of drug-likeness (QED) is 0.820. The van der Waals surface area contributed by atoms with Gasteiger partial charge < -0.3 is 4.57 Å². The molecule has 0 amide bonds. The summed E-state index contributed by atoms with van der Waals surface area (Å²) in [5.74, 6) is 2.07. The van der Waals surface area contributed by atoms with Crippen LogP contribution in [0.2, 0.25) is 0 Å². The van der Waals surface area contributed by atoms with Gasteiger partial charge >= 0.3 is 0 Å². The number of fused-ring (bicyclic) bond motifs is 3. The lowest BCUT2D eigenvalue weighted by Gasteiger charge is -2.21. The summed E-state index contributed by atoms with van der Waals surface area (Å²) < 4.78 is 4.64. The predicted octanol–water partition coefficient (Wildman–Crippen LogP) is 4.50. The molecule has 1 fully saturated rings.